The number of benzene rings is 1. The fourth-order valence-electron chi connectivity index (χ4n) is 2.09. The van der Waals surface area contributed by atoms with Crippen LogP contribution in [0.1, 0.15) is 30.6 Å². The largest absolute Gasteiger partial charge is 0.497 e. The molecular formula is C15H24N2O4S. The standard InChI is InChI=1S/C15H24N2O4S/c1-12(2)17(22(4,19)20)11-5-10-16-15(18)13-6-8-14(21-3)9-7-13/h6-9,12H,5,10-11H2,1-4H3,(H,16,18). The Morgan fingerprint density at radius 2 is 1.86 bits per heavy atom. The van der Waals surface area contributed by atoms with E-state index in [1.54, 1.807) is 31.4 Å². The average molecular weight is 328 g/mol. The third-order valence-corrected chi connectivity index (χ3v) is 4.65. The van der Waals surface area contributed by atoms with Crippen LogP contribution in [0, 0.1) is 0 Å². The van der Waals surface area contributed by atoms with E-state index in [0.29, 0.717) is 30.8 Å². The third-order valence-electron chi connectivity index (χ3n) is 3.19. The lowest BCUT2D eigenvalue weighted by Crippen LogP contribution is -2.38. The first kappa shape index (κ1) is 18.4. The zero-order chi connectivity index (χ0) is 16.8. The summed E-state index contributed by atoms with van der Waals surface area (Å²) in [6.45, 7) is 4.47. The van der Waals surface area contributed by atoms with Crippen molar-refractivity contribution >= 4 is 15.9 Å². The minimum Gasteiger partial charge on any atom is -0.497 e. The van der Waals surface area contributed by atoms with Crippen molar-refractivity contribution in [3.8, 4) is 5.75 Å². The maximum atomic E-state index is 11.9. The first-order chi connectivity index (χ1) is 10.3. The Bertz CT molecular complexity index is 582. The van der Waals surface area contributed by atoms with E-state index in [-0.39, 0.29) is 11.9 Å². The molecule has 0 heterocycles. The van der Waals surface area contributed by atoms with Crippen molar-refractivity contribution in [3.05, 3.63) is 29.8 Å². The molecule has 7 heteroatoms. The van der Waals surface area contributed by atoms with Gasteiger partial charge in [0.25, 0.3) is 5.91 Å². The van der Waals surface area contributed by atoms with Gasteiger partial charge in [-0.05, 0) is 44.5 Å². The predicted molar refractivity (Wildman–Crippen MR) is 86.6 cm³/mol. The Labute approximate surface area is 132 Å². The molecule has 124 valence electrons. The molecule has 0 saturated carbocycles. The molecule has 0 unspecified atom stereocenters. The number of nitrogens with one attached hydrogen (secondary N) is 1. The number of methoxy groups -OCH3 is 1. The SMILES string of the molecule is COc1ccc(C(=O)NCCCN(C(C)C)S(C)(=O)=O)cc1. The molecule has 0 bridgehead atoms. The average Bonchev–Trinajstić information content (AvgIpc) is 2.45. The molecule has 1 aromatic carbocycles. The molecular weight excluding hydrogens is 304 g/mol. The molecule has 0 radical (unpaired) electrons. The smallest absolute Gasteiger partial charge is 0.251 e. The number of rotatable bonds is 8. The van der Waals surface area contributed by atoms with Gasteiger partial charge in [-0.25, -0.2) is 8.42 Å². The summed E-state index contributed by atoms with van der Waals surface area (Å²) >= 11 is 0. The zero-order valence-corrected chi connectivity index (χ0v) is 14.3. The molecule has 0 aliphatic heterocycles. The molecule has 1 amide bonds. The van der Waals surface area contributed by atoms with E-state index >= 15 is 0 Å². The van der Waals surface area contributed by atoms with Crippen LogP contribution >= 0.6 is 0 Å². The van der Waals surface area contributed by atoms with E-state index in [9.17, 15) is 13.2 Å². The van der Waals surface area contributed by atoms with Gasteiger partial charge in [0.05, 0.1) is 13.4 Å². The molecule has 1 rings (SSSR count). The van der Waals surface area contributed by atoms with Gasteiger partial charge in [-0.1, -0.05) is 0 Å². The minimum atomic E-state index is -3.22. The lowest BCUT2D eigenvalue weighted by Gasteiger charge is -2.23. The van der Waals surface area contributed by atoms with Crippen molar-refractivity contribution in [2.45, 2.75) is 26.3 Å². The molecule has 0 aliphatic rings. The van der Waals surface area contributed by atoms with Gasteiger partial charge in [-0.3, -0.25) is 4.79 Å². The Kier molecular flexibility index (Phi) is 6.83. The molecule has 22 heavy (non-hydrogen) atoms. The van der Waals surface area contributed by atoms with Gasteiger partial charge in [0.15, 0.2) is 0 Å². The summed E-state index contributed by atoms with van der Waals surface area (Å²) in [4.78, 5) is 11.9. The summed E-state index contributed by atoms with van der Waals surface area (Å²) in [7, 11) is -1.65. The highest BCUT2D eigenvalue weighted by atomic mass is 32.2. The van der Waals surface area contributed by atoms with E-state index < -0.39 is 10.0 Å². The van der Waals surface area contributed by atoms with E-state index in [0.717, 1.165) is 0 Å². The molecule has 6 nitrogen and oxygen atoms in total. The fourth-order valence-corrected chi connectivity index (χ4v) is 3.31. The van der Waals surface area contributed by atoms with Crippen LogP contribution in [0.15, 0.2) is 24.3 Å². The number of carbonyl (C=O) groups excluding carboxylic acids is 1. The highest BCUT2D eigenvalue weighted by molar-refractivity contribution is 7.88. The highest BCUT2D eigenvalue weighted by Crippen LogP contribution is 2.11. The third kappa shape index (κ3) is 5.65. The van der Waals surface area contributed by atoms with Gasteiger partial charge in [-0.15, -0.1) is 0 Å². The van der Waals surface area contributed by atoms with Gasteiger partial charge in [0, 0.05) is 24.7 Å². The first-order valence-electron chi connectivity index (χ1n) is 7.14. The van der Waals surface area contributed by atoms with E-state index in [4.69, 9.17) is 4.74 Å². The lowest BCUT2D eigenvalue weighted by molar-refractivity contribution is 0.0952. The van der Waals surface area contributed by atoms with Crippen LogP contribution in [-0.2, 0) is 10.0 Å². The van der Waals surface area contributed by atoms with Crippen LogP contribution in [0.4, 0.5) is 0 Å². The van der Waals surface area contributed by atoms with Crippen molar-refractivity contribution in [1.82, 2.24) is 9.62 Å². The lowest BCUT2D eigenvalue weighted by atomic mass is 10.2. The minimum absolute atomic E-state index is 0.0905. The second-order valence-corrected chi connectivity index (χ2v) is 7.24. The van der Waals surface area contributed by atoms with Crippen LogP contribution in [0.3, 0.4) is 0 Å². The second-order valence-electron chi connectivity index (χ2n) is 5.31. The Morgan fingerprint density at radius 1 is 1.27 bits per heavy atom. The number of carbonyl (C=O) groups is 1. The molecule has 0 spiro atoms. The quantitative estimate of drug-likeness (QED) is 0.734. The number of ether oxygens (including phenoxy) is 1. The summed E-state index contributed by atoms with van der Waals surface area (Å²) in [5.41, 5.74) is 0.546. The summed E-state index contributed by atoms with van der Waals surface area (Å²) in [6, 6.07) is 6.72. The number of hydrogen-bond donors (Lipinski definition) is 1. The van der Waals surface area contributed by atoms with Crippen molar-refractivity contribution < 1.29 is 17.9 Å². The van der Waals surface area contributed by atoms with E-state index in [1.165, 1.54) is 10.6 Å². The van der Waals surface area contributed by atoms with Crippen LogP contribution in [0.25, 0.3) is 0 Å². The molecule has 1 aromatic rings. The number of nitrogens with zero attached hydrogens (tertiary/aromatic N) is 1. The normalized spacial score (nSPS) is 11.7. The van der Waals surface area contributed by atoms with Gasteiger partial charge in [-0.2, -0.15) is 4.31 Å². The maximum Gasteiger partial charge on any atom is 0.251 e. The first-order valence-corrected chi connectivity index (χ1v) is 8.99. The van der Waals surface area contributed by atoms with Gasteiger partial charge >= 0.3 is 0 Å². The maximum absolute atomic E-state index is 11.9. The van der Waals surface area contributed by atoms with Crippen LogP contribution < -0.4 is 10.1 Å². The summed E-state index contributed by atoms with van der Waals surface area (Å²) < 4.78 is 29.7. The Balaban J connectivity index is 2.44. The topological polar surface area (TPSA) is 75.7 Å². The molecule has 0 aromatic heterocycles. The molecule has 0 fully saturated rings. The molecule has 1 N–H and O–H groups in total. The highest BCUT2D eigenvalue weighted by Gasteiger charge is 2.19. The second kappa shape index (κ2) is 8.14. The fraction of sp³-hybridized carbons (Fsp3) is 0.533. The van der Waals surface area contributed by atoms with Gasteiger partial charge < -0.3 is 10.1 Å². The Morgan fingerprint density at radius 3 is 2.32 bits per heavy atom. The Hall–Kier alpha value is -1.60. The monoisotopic (exact) mass is 328 g/mol. The summed E-state index contributed by atoms with van der Waals surface area (Å²) in [6.07, 6.45) is 1.76. The van der Waals surface area contributed by atoms with E-state index in [1.807, 2.05) is 13.8 Å². The molecule has 0 atom stereocenters. The van der Waals surface area contributed by atoms with Crippen LogP contribution in [-0.4, -0.2) is 51.1 Å². The number of hydrogen-bond acceptors (Lipinski definition) is 4. The van der Waals surface area contributed by atoms with Gasteiger partial charge in [0.2, 0.25) is 10.0 Å². The summed E-state index contributed by atoms with van der Waals surface area (Å²) in [5, 5.41) is 2.78. The number of sulfonamides is 1. The van der Waals surface area contributed by atoms with Crippen molar-refractivity contribution in [1.29, 1.82) is 0 Å². The van der Waals surface area contributed by atoms with Crippen molar-refractivity contribution in [2.24, 2.45) is 0 Å². The summed E-state index contributed by atoms with van der Waals surface area (Å²) in [5.74, 6) is 0.510. The van der Waals surface area contributed by atoms with Crippen molar-refractivity contribution in [2.75, 3.05) is 26.5 Å². The van der Waals surface area contributed by atoms with E-state index in [2.05, 4.69) is 5.32 Å². The van der Waals surface area contributed by atoms with Gasteiger partial charge in [0.1, 0.15) is 5.75 Å². The van der Waals surface area contributed by atoms with Crippen molar-refractivity contribution in [3.63, 3.8) is 0 Å². The predicted octanol–water partition coefficient (Wildman–Crippen LogP) is 1.49. The van der Waals surface area contributed by atoms with Crippen LogP contribution in [0.5, 0.6) is 5.75 Å². The molecule has 0 saturated heterocycles. The van der Waals surface area contributed by atoms with Crippen LogP contribution in [0.2, 0.25) is 0 Å². The number of amides is 1. The molecule has 0 aliphatic carbocycles. The zero-order valence-electron chi connectivity index (χ0n) is 13.5.